The van der Waals surface area contributed by atoms with E-state index in [1.807, 2.05) is 31.2 Å². The van der Waals surface area contributed by atoms with Gasteiger partial charge in [-0.25, -0.2) is 5.43 Å². The average molecular weight is 570 g/mol. The highest BCUT2D eigenvalue weighted by Crippen LogP contribution is 2.37. The van der Waals surface area contributed by atoms with E-state index in [1.165, 1.54) is 32.1 Å². The van der Waals surface area contributed by atoms with E-state index in [2.05, 4.69) is 31.8 Å². The van der Waals surface area contributed by atoms with Crippen LogP contribution in [0.3, 0.4) is 0 Å². The average Bonchev–Trinajstić information content (AvgIpc) is 2.91. The van der Waals surface area contributed by atoms with Gasteiger partial charge in [-0.2, -0.15) is 5.10 Å². The highest BCUT2D eigenvalue weighted by atomic mass is 79.9. The summed E-state index contributed by atoms with van der Waals surface area (Å²) >= 11 is 3.51. The molecule has 0 radical (unpaired) electrons. The quantitative estimate of drug-likeness (QED) is 0.264. The Morgan fingerprint density at radius 3 is 2.30 bits per heavy atom. The second-order valence-electron chi connectivity index (χ2n) is 7.85. The molecule has 0 aliphatic carbocycles. The molecule has 0 unspecified atom stereocenters. The standard InChI is InChI=1S/C27H28BrN3O6/c1-17-5-7-18(8-6-17)16-37-26-21(28)11-19(12-24(26)36-4)14-30-31-25(32)15-29-27(33)20-9-10-22(34-2)23(13-20)35-3/h5-14H,15-16H2,1-4H3,(H,29,33)(H,31,32). The first kappa shape index (κ1) is 27.5. The number of aryl methyl sites for hydroxylation is 1. The molecule has 0 aliphatic rings. The summed E-state index contributed by atoms with van der Waals surface area (Å²) in [5.74, 6) is 1.06. The normalized spacial score (nSPS) is 10.6. The predicted molar refractivity (Wildman–Crippen MR) is 144 cm³/mol. The number of hydrogen-bond donors (Lipinski definition) is 2. The zero-order valence-electron chi connectivity index (χ0n) is 21.0. The van der Waals surface area contributed by atoms with Crippen LogP contribution >= 0.6 is 15.9 Å². The number of hydrazone groups is 1. The van der Waals surface area contributed by atoms with Crippen LogP contribution < -0.4 is 29.7 Å². The number of carbonyl (C=O) groups excluding carboxylic acids is 2. The highest BCUT2D eigenvalue weighted by Gasteiger charge is 2.13. The Hall–Kier alpha value is -4.05. The summed E-state index contributed by atoms with van der Waals surface area (Å²) in [5.41, 5.74) is 5.59. The van der Waals surface area contributed by atoms with Gasteiger partial charge in [-0.1, -0.05) is 29.8 Å². The molecule has 37 heavy (non-hydrogen) atoms. The first-order valence-corrected chi connectivity index (χ1v) is 12.0. The Bertz CT molecular complexity index is 1280. The molecule has 2 N–H and O–H groups in total. The summed E-state index contributed by atoms with van der Waals surface area (Å²) < 4.78 is 22.5. The molecule has 10 heteroatoms. The van der Waals surface area contributed by atoms with Gasteiger partial charge in [-0.3, -0.25) is 9.59 Å². The molecule has 0 saturated carbocycles. The van der Waals surface area contributed by atoms with Crippen LogP contribution in [0.25, 0.3) is 0 Å². The first-order chi connectivity index (χ1) is 17.8. The summed E-state index contributed by atoms with van der Waals surface area (Å²) in [6.45, 7) is 2.15. The van der Waals surface area contributed by atoms with E-state index in [4.69, 9.17) is 18.9 Å². The molecule has 0 fully saturated rings. The van der Waals surface area contributed by atoms with Crippen LogP contribution in [0, 0.1) is 6.92 Å². The number of amides is 2. The van der Waals surface area contributed by atoms with Crippen molar-refractivity contribution in [1.82, 2.24) is 10.7 Å². The van der Waals surface area contributed by atoms with Gasteiger partial charge < -0.3 is 24.3 Å². The molecule has 0 heterocycles. The topological polar surface area (TPSA) is 107 Å². The van der Waals surface area contributed by atoms with Crippen molar-refractivity contribution < 1.29 is 28.5 Å². The number of nitrogens with zero attached hydrogens (tertiary/aromatic N) is 1. The van der Waals surface area contributed by atoms with Gasteiger partial charge in [0.2, 0.25) is 0 Å². The van der Waals surface area contributed by atoms with Crippen molar-refractivity contribution in [2.45, 2.75) is 13.5 Å². The van der Waals surface area contributed by atoms with Crippen molar-refractivity contribution in [3.63, 3.8) is 0 Å². The minimum Gasteiger partial charge on any atom is -0.493 e. The van der Waals surface area contributed by atoms with Crippen molar-refractivity contribution in [2.24, 2.45) is 5.10 Å². The van der Waals surface area contributed by atoms with E-state index < -0.39 is 11.8 Å². The Morgan fingerprint density at radius 1 is 0.919 bits per heavy atom. The number of methoxy groups -OCH3 is 3. The van der Waals surface area contributed by atoms with Gasteiger partial charge >= 0.3 is 0 Å². The lowest BCUT2D eigenvalue weighted by Crippen LogP contribution is -2.34. The summed E-state index contributed by atoms with van der Waals surface area (Å²) in [6.07, 6.45) is 1.46. The van der Waals surface area contributed by atoms with Gasteiger partial charge in [0.15, 0.2) is 23.0 Å². The number of nitrogens with one attached hydrogen (secondary N) is 2. The van der Waals surface area contributed by atoms with Gasteiger partial charge in [-0.05, 0) is 64.3 Å². The van der Waals surface area contributed by atoms with Crippen molar-refractivity contribution >= 4 is 34.0 Å². The maximum Gasteiger partial charge on any atom is 0.259 e. The Balaban J connectivity index is 1.55. The molecule has 0 bridgehead atoms. The molecule has 0 atom stereocenters. The Morgan fingerprint density at radius 2 is 1.62 bits per heavy atom. The van der Waals surface area contributed by atoms with Crippen molar-refractivity contribution in [3.05, 3.63) is 81.3 Å². The molecule has 3 aromatic carbocycles. The molecular formula is C27H28BrN3O6. The van der Waals surface area contributed by atoms with E-state index >= 15 is 0 Å². The summed E-state index contributed by atoms with van der Waals surface area (Å²) in [7, 11) is 4.53. The molecule has 3 aromatic rings. The number of carbonyl (C=O) groups is 2. The zero-order chi connectivity index (χ0) is 26.8. The van der Waals surface area contributed by atoms with Crippen LogP contribution in [0.5, 0.6) is 23.0 Å². The van der Waals surface area contributed by atoms with Gasteiger partial charge in [0.1, 0.15) is 6.61 Å². The Labute approximate surface area is 223 Å². The van der Waals surface area contributed by atoms with Crippen LogP contribution in [0.15, 0.2) is 64.2 Å². The molecule has 9 nitrogen and oxygen atoms in total. The second kappa shape index (κ2) is 13.3. The van der Waals surface area contributed by atoms with E-state index in [9.17, 15) is 9.59 Å². The van der Waals surface area contributed by atoms with Crippen molar-refractivity contribution in [3.8, 4) is 23.0 Å². The number of benzene rings is 3. The smallest absolute Gasteiger partial charge is 0.259 e. The molecule has 194 valence electrons. The molecule has 0 aliphatic heterocycles. The van der Waals surface area contributed by atoms with Crippen LogP contribution in [-0.4, -0.2) is 45.9 Å². The molecule has 2 amide bonds. The fourth-order valence-corrected chi connectivity index (χ4v) is 3.83. The number of rotatable bonds is 11. The number of ether oxygens (including phenoxy) is 4. The van der Waals surface area contributed by atoms with Crippen molar-refractivity contribution in [1.29, 1.82) is 0 Å². The van der Waals surface area contributed by atoms with Crippen LogP contribution in [0.1, 0.15) is 27.0 Å². The first-order valence-electron chi connectivity index (χ1n) is 11.2. The minimum atomic E-state index is -0.492. The summed E-state index contributed by atoms with van der Waals surface area (Å²) in [5, 5.41) is 6.50. The fraction of sp³-hybridized carbons (Fsp3) is 0.222. The van der Waals surface area contributed by atoms with Gasteiger partial charge in [0.25, 0.3) is 11.8 Å². The fourth-order valence-electron chi connectivity index (χ4n) is 3.25. The maximum absolute atomic E-state index is 12.4. The zero-order valence-corrected chi connectivity index (χ0v) is 22.5. The molecule has 0 aromatic heterocycles. The van der Waals surface area contributed by atoms with Crippen molar-refractivity contribution in [2.75, 3.05) is 27.9 Å². The third-order valence-corrected chi connectivity index (χ3v) is 5.80. The van der Waals surface area contributed by atoms with E-state index in [1.54, 1.807) is 31.4 Å². The SMILES string of the molecule is COc1ccc(C(=O)NCC(=O)NN=Cc2cc(Br)c(OCc3ccc(C)cc3)c(OC)c2)cc1OC. The molecule has 0 spiro atoms. The van der Waals surface area contributed by atoms with E-state index in [-0.39, 0.29) is 6.54 Å². The highest BCUT2D eigenvalue weighted by molar-refractivity contribution is 9.10. The van der Waals surface area contributed by atoms with Crippen LogP contribution in [-0.2, 0) is 11.4 Å². The second-order valence-corrected chi connectivity index (χ2v) is 8.71. The summed E-state index contributed by atoms with van der Waals surface area (Å²) in [6, 6.07) is 16.3. The lowest BCUT2D eigenvalue weighted by Gasteiger charge is -2.13. The lowest BCUT2D eigenvalue weighted by molar-refractivity contribution is -0.120. The maximum atomic E-state index is 12.4. The van der Waals surface area contributed by atoms with Gasteiger partial charge in [0, 0.05) is 5.56 Å². The summed E-state index contributed by atoms with van der Waals surface area (Å²) in [4.78, 5) is 24.5. The van der Waals surface area contributed by atoms with Gasteiger partial charge in [-0.15, -0.1) is 0 Å². The molecular weight excluding hydrogens is 542 g/mol. The Kier molecular flexibility index (Phi) is 9.91. The van der Waals surface area contributed by atoms with E-state index in [0.29, 0.717) is 45.2 Å². The predicted octanol–water partition coefficient (Wildman–Crippen LogP) is 4.24. The van der Waals surface area contributed by atoms with Crippen LogP contribution in [0.4, 0.5) is 0 Å². The third kappa shape index (κ3) is 7.71. The largest absolute Gasteiger partial charge is 0.493 e. The lowest BCUT2D eigenvalue weighted by atomic mass is 10.2. The van der Waals surface area contributed by atoms with Crippen LogP contribution in [0.2, 0.25) is 0 Å². The van der Waals surface area contributed by atoms with E-state index in [0.717, 1.165) is 5.56 Å². The third-order valence-electron chi connectivity index (χ3n) is 5.21. The molecule has 3 rings (SSSR count). The van der Waals surface area contributed by atoms with Gasteiger partial charge in [0.05, 0.1) is 38.6 Å². The monoisotopic (exact) mass is 569 g/mol. The number of hydrogen-bond acceptors (Lipinski definition) is 7. The molecule has 0 saturated heterocycles. The number of halogens is 1. The minimum absolute atomic E-state index is 0.261.